The van der Waals surface area contributed by atoms with E-state index < -0.39 is 0 Å². The zero-order valence-electron chi connectivity index (χ0n) is 19.3. The number of hydrogen-bond donors (Lipinski definition) is 0. The molecule has 0 radical (unpaired) electrons. The van der Waals surface area contributed by atoms with Crippen molar-refractivity contribution in [2.24, 2.45) is 7.05 Å². The average Bonchev–Trinajstić information content (AvgIpc) is 3.35. The van der Waals surface area contributed by atoms with Crippen LogP contribution < -0.4 is 9.80 Å². The molecule has 0 saturated carbocycles. The smallest absolute Gasteiger partial charge is 0.128 e. The van der Waals surface area contributed by atoms with E-state index in [0.717, 1.165) is 75.9 Å². The molecule has 1 aliphatic rings. The first-order valence-electron chi connectivity index (χ1n) is 11.6. The number of para-hydroxylation sites is 1. The topological polar surface area (TPSA) is 63.0 Å². The highest BCUT2D eigenvalue weighted by Crippen LogP contribution is 2.33. The van der Waals surface area contributed by atoms with Crippen LogP contribution >= 0.6 is 11.6 Å². The number of hydrogen-bond acceptors (Lipinski definition) is 6. The SMILES string of the molecule is Cn1cc(-c2cc(-c3ccc(N4CCN(c5ccccc5Cl)CC4)nc3)c3cncnc3c2)cn1. The van der Waals surface area contributed by atoms with Crippen molar-refractivity contribution < 1.29 is 0 Å². The minimum atomic E-state index is 0.799. The molecule has 35 heavy (non-hydrogen) atoms. The highest BCUT2D eigenvalue weighted by atomic mass is 35.5. The first kappa shape index (κ1) is 21.6. The maximum absolute atomic E-state index is 6.40. The summed E-state index contributed by atoms with van der Waals surface area (Å²) in [5.74, 6) is 0.983. The van der Waals surface area contributed by atoms with Gasteiger partial charge < -0.3 is 9.80 Å². The van der Waals surface area contributed by atoms with Crippen LogP contribution in [0.4, 0.5) is 11.5 Å². The minimum absolute atomic E-state index is 0.799. The molecule has 0 spiro atoms. The number of rotatable bonds is 4. The Morgan fingerprint density at radius 1 is 0.800 bits per heavy atom. The Morgan fingerprint density at radius 2 is 1.63 bits per heavy atom. The second-order valence-corrected chi connectivity index (χ2v) is 9.12. The summed E-state index contributed by atoms with van der Waals surface area (Å²) in [6.07, 6.45) is 9.28. The Hall–Kier alpha value is -3.97. The van der Waals surface area contributed by atoms with E-state index in [1.165, 1.54) is 0 Å². The fourth-order valence-electron chi connectivity index (χ4n) is 4.68. The van der Waals surface area contributed by atoms with E-state index in [-0.39, 0.29) is 0 Å². The number of benzene rings is 2. The standard InChI is InChI=1S/C27H24ClN7/c1-33-17-21(15-32-33)20-12-22(23-16-29-18-31-25(23)13-20)19-6-7-27(30-14-19)35-10-8-34(9-11-35)26-5-3-2-4-24(26)28/h2-7,12-18H,8-11H2,1H3. The van der Waals surface area contributed by atoms with Crippen molar-refractivity contribution in [1.29, 1.82) is 0 Å². The number of aryl methyl sites for hydroxylation is 1. The highest BCUT2D eigenvalue weighted by Gasteiger charge is 2.20. The molecule has 5 aromatic rings. The van der Waals surface area contributed by atoms with Crippen molar-refractivity contribution in [3.63, 3.8) is 0 Å². The van der Waals surface area contributed by atoms with Crippen molar-refractivity contribution in [3.8, 4) is 22.3 Å². The first-order chi connectivity index (χ1) is 17.2. The second-order valence-electron chi connectivity index (χ2n) is 8.71. The van der Waals surface area contributed by atoms with E-state index in [0.29, 0.717) is 0 Å². The lowest BCUT2D eigenvalue weighted by Crippen LogP contribution is -2.46. The van der Waals surface area contributed by atoms with Gasteiger partial charge in [-0.25, -0.2) is 15.0 Å². The van der Waals surface area contributed by atoms with E-state index in [9.17, 15) is 0 Å². The zero-order valence-corrected chi connectivity index (χ0v) is 20.1. The third-order valence-electron chi connectivity index (χ3n) is 6.52. The molecule has 0 bridgehead atoms. The number of piperazine rings is 1. The summed E-state index contributed by atoms with van der Waals surface area (Å²) in [4.78, 5) is 18.3. The van der Waals surface area contributed by atoms with E-state index in [2.05, 4.69) is 55.2 Å². The summed E-state index contributed by atoms with van der Waals surface area (Å²) in [5, 5.41) is 6.13. The molecule has 1 saturated heterocycles. The lowest BCUT2D eigenvalue weighted by molar-refractivity contribution is 0.647. The lowest BCUT2D eigenvalue weighted by Gasteiger charge is -2.37. The van der Waals surface area contributed by atoms with Gasteiger partial charge in [-0.1, -0.05) is 23.7 Å². The molecule has 6 rings (SSSR count). The first-order valence-corrected chi connectivity index (χ1v) is 12.0. The summed E-state index contributed by atoms with van der Waals surface area (Å²) >= 11 is 6.40. The van der Waals surface area contributed by atoms with Crippen LogP contribution in [0.15, 0.2) is 79.6 Å². The van der Waals surface area contributed by atoms with Crippen molar-refractivity contribution in [2.75, 3.05) is 36.0 Å². The molecule has 4 heterocycles. The van der Waals surface area contributed by atoms with Crippen LogP contribution in [0.1, 0.15) is 0 Å². The normalized spacial score (nSPS) is 14.0. The third kappa shape index (κ3) is 4.19. The van der Waals surface area contributed by atoms with Crippen LogP contribution in [-0.2, 0) is 7.05 Å². The molecule has 1 aliphatic heterocycles. The van der Waals surface area contributed by atoms with E-state index in [1.54, 1.807) is 11.0 Å². The van der Waals surface area contributed by atoms with Gasteiger partial charge in [-0.3, -0.25) is 4.68 Å². The van der Waals surface area contributed by atoms with Gasteiger partial charge in [0.05, 0.1) is 22.4 Å². The van der Waals surface area contributed by atoms with Crippen molar-refractivity contribution >= 4 is 34.0 Å². The second kappa shape index (κ2) is 9.00. The maximum Gasteiger partial charge on any atom is 0.128 e. The molecule has 0 amide bonds. The molecule has 0 atom stereocenters. The van der Waals surface area contributed by atoms with E-state index >= 15 is 0 Å². The molecule has 2 aromatic carbocycles. The summed E-state index contributed by atoms with van der Waals surface area (Å²) in [5.41, 5.74) is 6.21. The van der Waals surface area contributed by atoms with Crippen molar-refractivity contribution in [3.05, 3.63) is 84.7 Å². The molecule has 0 unspecified atom stereocenters. The number of nitrogens with zero attached hydrogens (tertiary/aromatic N) is 7. The molecule has 0 N–H and O–H groups in total. The molecular formula is C27H24ClN7. The highest BCUT2D eigenvalue weighted by molar-refractivity contribution is 6.33. The number of anilines is 2. The number of halogens is 1. The largest absolute Gasteiger partial charge is 0.367 e. The number of aromatic nitrogens is 5. The van der Waals surface area contributed by atoms with Gasteiger partial charge in [0.15, 0.2) is 0 Å². The van der Waals surface area contributed by atoms with Crippen molar-refractivity contribution in [2.45, 2.75) is 0 Å². The Kier molecular flexibility index (Phi) is 5.54. The van der Waals surface area contributed by atoms with Crippen molar-refractivity contribution in [1.82, 2.24) is 24.7 Å². The summed E-state index contributed by atoms with van der Waals surface area (Å²) in [6, 6.07) is 16.5. The van der Waals surface area contributed by atoms with Gasteiger partial charge in [0.25, 0.3) is 0 Å². The lowest BCUT2D eigenvalue weighted by atomic mass is 9.97. The molecular weight excluding hydrogens is 458 g/mol. The Bertz CT molecular complexity index is 1490. The monoisotopic (exact) mass is 481 g/mol. The van der Waals surface area contributed by atoms with Gasteiger partial charge in [-0.05, 0) is 47.5 Å². The van der Waals surface area contributed by atoms with Crippen LogP contribution in [0.2, 0.25) is 5.02 Å². The Labute approximate surface area is 208 Å². The van der Waals surface area contributed by atoms with Gasteiger partial charge in [0, 0.05) is 68.3 Å². The summed E-state index contributed by atoms with van der Waals surface area (Å²) in [7, 11) is 1.92. The van der Waals surface area contributed by atoms with Gasteiger partial charge in [0.2, 0.25) is 0 Å². The summed E-state index contributed by atoms with van der Waals surface area (Å²) < 4.78 is 1.81. The van der Waals surface area contributed by atoms with Crippen LogP contribution in [-0.4, -0.2) is 50.9 Å². The molecule has 0 aliphatic carbocycles. The van der Waals surface area contributed by atoms with E-state index in [1.807, 2.05) is 50.0 Å². The third-order valence-corrected chi connectivity index (χ3v) is 6.84. The fraction of sp³-hybridized carbons (Fsp3) is 0.185. The predicted molar refractivity (Wildman–Crippen MR) is 141 cm³/mol. The van der Waals surface area contributed by atoms with Crippen LogP contribution in [0, 0.1) is 0 Å². The Morgan fingerprint density at radius 3 is 2.37 bits per heavy atom. The molecule has 8 heteroatoms. The zero-order chi connectivity index (χ0) is 23.8. The quantitative estimate of drug-likeness (QED) is 0.357. The van der Waals surface area contributed by atoms with Crippen LogP contribution in [0.3, 0.4) is 0 Å². The minimum Gasteiger partial charge on any atom is -0.367 e. The number of fused-ring (bicyclic) bond motifs is 1. The van der Waals surface area contributed by atoms with Gasteiger partial charge >= 0.3 is 0 Å². The number of pyridine rings is 1. The average molecular weight is 482 g/mol. The Balaban J connectivity index is 1.27. The molecule has 7 nitrogen and oxygen atoms in total. The van der Waals surface area contributed by atoms with E-state index in [4.69, 9.17) is 16.6 Å². The fourth-order valence-corrected chi connectivity index (χ4v) is 4.93. The predicted octanol–water partition coefficient (Wildman–Crippen LogP) is 5.07. The molecule has 3 aromatic heterocycles. The molecule has 174 valence electrons. The summed E-state index contributed by atoms with van der Waals surface area (Å²) in [6.45, 7) is 3.60. The van der Waals surface area contributed by atoms with Crippen LogP contribution in [0.25, 0.3) is 33.2 Å². The van der Waals surface area contributed by atoms with Gasteiger partial charge in [0.1, 0.15) is 12.1 Å². The molecule has 1 fully saturated rings. The van der Waals surface area contributed by atoms with Gasteiger partial charge in [-0.2, -0.15) is 5.10 Å². The van der Waals surface area contributed by atoms with Gasteiger partial charge in [-0.15, -0.1) is 0 Å². The maximum atomic E-state index is 6.40. The van der Waals surface area contributed by atoms with Crippen LogP contribution in [0.5, 0.6) is 0 Å².